The molecule has 1 aromatic rings. The van der Waals surface area contributed by atoms with Crippen molar-refractivity contribution in [2.45, 2.75) is 27.2 Å². The highest BCUT2D eigenvalue weighted by molar-refractivity contribution is 7.93. The van der Waals surface area contributed by atoms with E-state index in [1.54, 1.807) is 25.4 Å². The molecule has 1 aromatic heterocycles. The Bertz CT molecular complexity index is 527. The van der Waals surface area contributed by atoms with Crippen LogP contribution < -0.4 is 0 Å². The highest BCUT2D eigenvalue weighted by atomic mass is 35.5. The summed E-state index contributed by atoms with van der Waals surface area (Å²) < 4.78 is 15.7. The first-order valence-electron chi connectivity index (χ1n) is 5.23. The summed E-state index contributed by atoms with van der Waals surface area (Å²) in [5.41, 5.74) is 0.948. The van der Waals surface area contributed by atoms with Gasteiger partial charge < -0.3 is 0 Å². The van der Waals surface area contributed by atoms with Gasteiger partial charge in [-0.15, -0.1) is 4.36 Å². The van der Waals surface area contributed by atoms with E-state index >= 15 is 0 Å². The molecular formula is C12H18ClN3OS. The lowest BCUT2D eigenvalue weighted by atomic mass is 10.1. The fraction of sp³-hybridized carbons (Fsp3) is 0.500. The van der Waals surface area contributed by atoms with E-state index in [0.29, 0.717) is 16.7 Å². The van der Waals surface area contributed by atoms with Crippen molar-refractivity contribution >= 4 is 21.3 Å². The van der Waals surface area contributed by atoms with E-state index in [-0.39, 0.29) is 13.3 Å². The smallest absolute Gasteiger partial charge is 0.214 e. The molecule has 0 spiro atoms. The maximum absolute atomic E-state index is 12.2. The fourth-order valence-electron chi connectivity index (χ4n) is 1.46. The van der Waals surface area contributed by atoms with E-state index in [4.69, 9.17) is 16.9 Å². The van der Waals surface area contributed by atoms with Gasteiger partial charge in [-0.1, -0.05) is 38.9 Å². The molecule has 1 heterocycles. The summed E-state index contributed by atoms with van der Waals surface area (Å²) >= 11 is 5.70. The van der Waals surface area contributed by atoms with Gasteiger partial charge in [0, 0.05) is 17.7 Å². The molecule has 0 saturated carbocycles. The molecule has 0 N–H and O–H groups in total. The van der Waals surface area contributed by atoms with Crippen molar-refractivity contribution < 1.29 is 4.21 Å². The third kappa shape index (κ3) is 4.63. The van der Waals surface area contributed by atoms with Crippen LogP contribution in [0.2, 0.25) is 5.15 Å². The third-order valence-electron chi connectivity index (χ3n) is 2.49. The summed E-state index contributed by atoms with van der Waals surface area (Å²) in [6, 6.07) is 3.55. The van der Waals surface area contributed by atoms with Crippen LogP contribution in [0.15, 0.2) is 22.7 Å². The average molecular weight is 288 g/mol. The molecule has 1 rings (SSSR count). The maximum Gasteiger partial charge on any atom is 0.214 e. The SMILES string of the molecule is C.CC[S@@](=O)(C[C@@H](C)c1ccc(Cl)nc1)=NC#N. The van der Waals surface area contributed by atoms with Gasteiger partial charge in [-0.25, -0.2) is 9.19 Å². The highest BCUT2D eigenvalue weighted by Gasteiger charge is 2.14. The van der Waals surface area contributed by atoms with Crippen molar-refractivity contribution in [1.82, 2.24) is 4.98 Å². The minimum absolute atomic E-state index is 0. The Kier molecular flexibility index (Phi) is 6.89. The standard InChI is InChI=1S/C11H14ClN3OS.CH4/c1-3-17(16,15-8-13)7-9(2)10-4-5-11(12)14-6-10;/h4-6,9H,3,7H2,1-2H3;1H4/t9-,17-;/m1./s1. The molecule has 0 bridgehead atoms. The van der Waals surface area contributed by atoms with E-state index in [2.05, 4.69) is 9.35 Å². The molecular weight excluding hydrogens is 270 g/mol. The molecule has 100 valence electrons. The van der Waals surface area contributed by atoms with Crippen LogP contribution in [0.4, 0.5) is 0 Å². The van der Waals surface area contributed by atoms with E-state index in [0.717, 1.165) is 5.56 Å². The zero-order valence-corrected chi connectivity index (χ0v) is 11.3. The summed E-state index contributed by atoms with van der Waals surface area (Å²) in [4.78, 5) is 3.98. The van der Waals surface area contributed by atoms with Crippen molar-refractivity contribution in [3.05, 3.63) is 29.0 Å². The van der Waals surface area contributed by atoms with Crippen molar-refractivity contribution in [2.24, 2.45) is 4.36 Å². The summed E-state index contributed by atoms with van der Waals surface area (Å²) in [6.07, 6.45) is 3.30. The van der Waals surface area contributed by atoms with Crippen molar-refractivity contribution in [1.29, 1.82) is 5.26 Å². The zero-order valence-electron chi connectivity index (χ0n) is 9.76. The van der Waals surface area contributed by atoms with Crippen LogP contribution in [0.3, 0.4) is 0 Å². The molecule has 18 heavy (non-hydrogen) atoms. The molecule has 0 aliphatic carbocycles. The van der Waals surface area contributed by atoms with Gasteiger partial charge >= 0.3 is 0 Å². The van der Waals surface area contributed by atoms with Gasteiger partial charge in [0.1, 0.15) is 5.15 Å². The van der Waals surface area contributed by atoms with Crippen LogP contribution in [0.1, 0.15) is 32.8 Å². The second-order valence-electron chi connectivity index (χ2n) is 3.73. The highest BCUT2D eigenvalue weighted by Crippen LogP contribution is 2.19. The zero-order chi connectivity index (χ0) is 12.9. The van der Waals surface area contributed by atoms with E-state index < -0.39 is 9.73 Å². The fourth-order valence-corrected chi connectivity index (χ4v) is 3.13. The molecule has 4 nitrogen and oxygen atoms in total. The molecule has 0 amide bonds. The largest absolute Gasteiger partial charge is 0.249 e. The number of pyridine rings is 1. The van der Waals surface area contributed by atoms with Crippen LogP contribution in [-0.2, 0) is 9.73 Å². The van der Waals surface area contributed by atoms with Crippen molar-refractivity contribution in [3.8, 4) is 6.19 Å². The first-order chi connectivity index (χ1) is 8.00. The molecule has 2 atom stereocenters. The second kappa shape index (κ2) is 7.34. The Morgan fingerprint density at radius 1 is 1.61 bits per heavy atom. The quantitative estimate of drug-likeness (QED) is 0.629. The van der Waals surface area contributed by atoms with Gasteiger partial charge in [-0.2, -0.15) is 5.26 Å². The summed E-state index contributed by atoms with van der Waals surface area (Å²) in [5.74, 6) is 0.774. The van der Waals surface area contributed by atoms with Gasteiger partial charge in [-0.3, -0.25) is 0 Å². The van der Waals surface area contributed by atoms with E-state index in [1.807, 2.05) is 13.0 Å². The van der Waals surface area contributed by atoms with Crippen LogP contribution in [0.5, 0.6) is 0 Å². The lowest BCUT2D eigenvalue weighted by Crippen LogP contribution is -2.14. The first-order valence-corrected chi connectivity index (χ1v) is 7.46. The second-order valence-corrected chi connectivity index (χ2v) is 6.76. The number of nitriles is 1. The molecule has 0 aliphatic heterocycles. The molecule has 0 aromatic carbocycles. The molecule has 0 unspecified atom stereocenters. The van der Waals surface area contributed by atoms with Gasteiger partial charge in [0.2, 0.25) is 6.19 Å². The average Bonchev–Trinajstić information content (AvgIpc) is 2.30. The number of halogens is 1. The van der Waals surface area contributed by atoms with Gasteiger partial charge in [0.05, 0.1) is 9.73 Å². The number of nitrogens with zero attached hydrogens (tertiary/aromatic N) is 3. The van der Waals surface area contributed by atoms with Crippen LogP contribution >= 0.6 is 11.6 Å². The number of rotatable bonds is 4. The molecule has 0 fully saturated rings. The Balaban J connectivity index is 0.00000289. The lowest BCUT2D eigenvalue weighted by molar-refractivity contribution is 0.671. The third-order valence-corrected chi connectivity index (χ3v) is 5.05. The Morgan fingerprint density at radius 2 is 2.28 bits per heavy atom. The molecule has 0 saturated heterocycles. The maximum atomic E-state index is 12.2. The van der Waals surface area contributed by atoms with Crippen LogP contribution in [0, 0.1) is 11.5 Å². The number of hydrogen-bond donors (Lipinski definition) is 0. The van der Waals surface area contributed by atoms with Crippen LogP contribution in [-0.4, -0.2) is 20.7 Å². The normalized spacial score (nSPS) is 14.8. The summed E-state index contributed by atoms with van der Waals surface area (Å²) in [6.45, 7) is 3.71. The Morgan fingerprint density at radius 3 is 2.72 bits per heavy atom. The van der Waals surface area contributed by atoms with Crippen LogP contribution in [0.25, 0.3) is 0 Å². The summed E-state index contributed by atoms with van der Waals surface area (Å²) in [7, 11) is -2.43. The topological polar surface area (TPSA) is 66.1 Å². The number of hydrogen-bond acceptors (Lipinski definition) is 4. The first kappa shape index (κ1) is 16.9. The molecule has 0 radical (unpaired) electrons. The molecule has 0 aliphatic rings. The van der Waals surface area contributed by atoms with Gasteiger partial charge in [0.25, 0.3) is 0 Å². The Labute approximate surface area is 114 Å². The van der Waals surface area contributed by atoms with Crippen molar-refractivity contribution in [2.75, 3.05) is 11.5 Å². The predicted molar refractivity (Wildman–Crippen MR) is 76.0 cm³/mol. The molecule has 6 heteroatoms. The monoisotopic (exact) mass is 287 g/mol. The predicted octanol–water partition coefficient (Wildman–Crippen LogP) is 3.44. The van der Waals surface area contributed by atoms with E-state index in [1.165, 1.54) is 0 Å². The minimum atomic E-state index is -2.43. The summed E-state index contributed by atoms with van der Waals surface area (Å²) in [5, 5.41) is 8.96. The van der Waals surface area contributed by atoms with E-state index in [9.17, 15) is 4.21 Å². The number of aromatic nitrogens is 1. The Hall–Kier alpha value is -1.12. The van der Waals surface area contributed by atoms with Gasteiger partial charge in [-0.05, 0) is 17.5 Å². The lowest BCUT2D eigenvalue weighted by Gasteiger charge is -2.13. The minimum Gasteiger partial charge on any atom is -0.249 e. The van der Waals surface area contributed by atoms with Crippen molar-refractivity contribution in [3.63, 3.8) is 0 Å². The van der Waals surface area contributed by atoms with Gasteiger partial charge in [0.15, 0.2) is 0 Å².